The van der Waals surface area contributed by atoms with Crippen molar-refractivity contribution in [3.63, 3.8) is 0 Å². The minimum atomic E-state index is -0.787. The molecule has 142 valence electrons. The topological polar surface area (TPSA) is 163 Å². The molecule has 0 aliphatic carbocycles. The lowest BCUT2D eigenvalue weighted by atomic mass is 10.2. The molecule has 0 aliphatic heterocycles. The zero-order valence-corrected chi connectivity index (χ0v) is 14.2. The number of hydrogen-bond donors (Lipinski definition) is 2. The van der Waals surface area contributed by atoms with E-state index in [1.807, 2.05) is 0 Å². The highest BCUT2D eigenvalue weighted by molar-refractivity contribution is 5.85. The third kappa shape index (κ3) is 3.77. The highest BCUT2D eigenvalue weighted by atomic mass is 16.6. The number of hydrogen-bond acceptors (Lipinski definition) is 7. The van der Waals surface area contributed by atoms with Gasteiger partial charge < -0.3 is 15.5 Å². The predicted octanol–water partition coefficient (Wildman–Crippen LogP) is 0.344. The average molecular weight is 383 g/mol. The molecule has 0 fully saturated rings. The lowest BCUT2D eigenvalue weighted by molar-refractivity contribution is -0.384. The summed E-state index contributed by atoms with van der Waals surface area (Å²) in [7, 11) is 0. The minimum absolute atomic E-state index is 0.0680. The van der Waals surface area contributed by atoms with E-state index in [1.54, 1.807) is 18.2 Å². The number of nitro benzene ring substituents is 1. The Morgan fingerprint density at radius 3 is 2.75 bits per heavy atom. The van der Waals surface area contributed by atoms with Crippen LogP contribution in [0.15, 0.2) is 57.2 Å². The molecule has 1 heterocycles. The van der Waals surface area contributed by atoms with Gasteiger partial charge in [-0.1, -0.05) is 12.1 Å². The van der Waals surface area contributed by atoms with Crippen LogP contribution in [0.2, 0.25) is 0 Å². The summed E-state index contributed by atoms with van der Waals surface area (Å²) in [5.74, 6) is -0.679. The summed E-state index contributed by atoms with van der Waals surface area (Å²) in [6, 6.07) is 9.94. The number of carbonyl (C=O) groups is 1. The van der Waals surface area contributed by atoms with Crippen LogP contribution in [0.4, 0.5) is 5.69 Å². The molecule has 0 aliphatic rings. The summed E-state index contributed by atoms with van der Waals surface area (Å²) in [5, 5.41) is 15.1. The highest BCUT2D eigenvalue weighted by Crippen LogP contribution is 2.22. The molecule has 0 atom stereocenters. The van der Waals surface area contributed by atoms with Crippen molar-refractivity contribution in [2.75, 3.05) is 6.61 Å². The Morgan fingerprint density at radius 1 is 1.29 bits per heavy atom. The maximum atomic E-state index is 12.5. The number of amides is 1. The molecule has 28 heavy (non-hydrogen) atoms. The standard InChI is InChI=1S/C17H13N5O6/c18-15(23)9-28-14-6-5-11(22(26)27)7-10(14)8-19-21-16(24)12-3-1-2-4-13(12)20-17(21)25/h1-8H,9H2,(H2,18,23)(H,20,25). The van der Waals surface area contributed by atoms with E-state index in [0.29, 0.717) is 10.2 Å². The molecule has 0 radical (unpaired) electrons. The molecule has 3 N–H and O–H groups in total. The van der Waals surface area contributed by atoms with Gasteiger partial charge in [-0.3, -0.25) is 19.7 Å². The first-order valence-electron chi connectivity index (χ1n) is 7.85. The molecule has 0 spiro atoms. The number of nitro groups is 1. The number of nitrogens with one attached hydrogen (secondary N) is 1. The van der Waals surface area contributed by atoms with E-state index < -0.39 is 28.7 Å². The molecule has 0 bridgehead atoms. The van der Waals surface area contributed by atoms with E-state index in [2.05, 4.69) is 10.1 Å². The number of primary amides is 1. The third-order valence-electron chi connectivity index (χ3n) is 3.67. The molecular weight excluding hydrogens is 370 g/mol. The molecule has 3 aromatic rings. The van der Waals surface area contributed by atoms with Gasteiger partial charge in [-0.15, -0.1) is 4.68 Å². The molecule has 1 aromatic heterocycles. The van der Waals surface area contributed by atoms with Crippen molar-refractivity contribution in [2.24, 2.45) is 10.8 Å². The van der Waals surface area contributed by atoms with Crippen LogP contribution in [0.1, 0.15) is 5.56 Å². The molecule has 1 amide bonds. The van der Waals surface area contributed by atoms with Crippen LogP contribution >= 0.6 is 0 Å². The van der Waals surface area contributed by atoms with Crippen LogP contribution < -0.4 is 21.7 Å². The number of fused-ring (bicyclic) bond motifs is 1. The first kappa shape index (κ1) is 18.5. The predicted molar refractivity (Wildman–Crippen MR) is 99.6 cm³/mol. The summed E-state index contributed by atoms with van der Waals surface area (Å²) in [6.07, 6.45) is 1.05. The van der Waals surface area contributed by atoms with Crippen molar-refractivity contribution in [3.8, 4) is 5.75 Å². The lowest BCUT2D eigenvalue weighted by Gasteiger charge is -2.07. The van der Waals surface area contributed by atoms with Crippen LogP contribution in [0.5, 0.6) is 5.75 Å². The average Bonchev–Trinajstić information content (AvgIpc) is 2.66. The van der Waals surface area contributed by atoms with Gasteiger partial charge in [-0.25, -0.2) is 4.79 Å². The SMILES string of the molecule is NC(=O)COc1ccc([N+](=O)[O-])cc1C=Nn1c(=O)[nH]c2ccccc2c1=O. The largest absolute Gasteiger partial charge is 0.483 e. The van der Waals surface area contributed by atoms with E-state index in [4.69, 9.17) is 10.5 Å². The normalized spacial score (nSPS) is 11.0. The Balaban J connectivity index is 2.08. The summed E-state index contributed by atoms with van der Waals surface area (Å²) >= 11 is 0. The van der Waals surface area contributed by atoms with Gasteiger partial charge in [0, 0.05) is 17.7 Å². The van der Waals surface area contributed by atoms with Crippen LogP contribution in [-0.2, 0) is 4.79 Å². The van der Waals surface area contributed by atoms with Crippen molar-refractivity contribution in [2.45, 2.75) is 0 Å². The molecule has 11 nitrogen and oxygen atoms in total. The zero-order valence-electron chi connectivity index (χ0n) is 14.2. The van der Waals surface area contributed by atoms with E-state index in [-0.39, 0.29) is 22.4 Å². The van der Waals surface area contributed by atoms with Crippen LogP contribution in [0, 0.1) is 10.1 Å². The number of H-pyrrole nitrogens is 1. The molecule has 0 saturated carbocycles. The monoisotopic (exact) mass is 383 g/mol. The Morgan fingerprint density at radius 2 is 2.04 bits per heavy atom. The van der Waals surface area contributed by atoms with E-state index in [0.717, 1.165) is 12.3 Å². The molecular formula is C17H13N5O6. The number of non-ortho nitro benzene ring substituents is 1. The number of aromatic amines is 1. The number of rotatable bonds is 6. The first-order chi connectivity index (χ1) is 13.4. The van der Waals surface area contributed by atoms with Crippen molar-refractivity contribution in [1.29, 1.82) is 0 Å². The van der Waals surface area contributed by atoms with Gasteiger partial charge in [-0.2, -0.15) is 5.10 Å². The Bertz CT molecular complexity index is 1230. The fraction of sp³-hybridized carbons (Fsp3) is 0.0588. The van der Waals surface area contributed by atoms with Crippen molar-refractivity contribution in [1.82, 2.24) is 9.66 Å². The number of nitrogens with zero attached hydrogens (tertiary/aromatic N) is 3. The quantitative estimate of drug-likeness (QED) is 0.354. The van der Waals surface area contributed by atoms with Gasteiger partial charge in [0.25, 0.3) is 17.2 Å². The van der Waals surface area contributed by atoms with Crippen molar-refractivity contribution < 1.29 is 14.5 Å². The zero-order chi connectivity index (χ0) is 20.3. The number of carbonyl (C=O) groups excluding carboxylic acids is 1. The van der Waals surface area contributed by atoms with Crippen molar-refractivity contribution >= 4 is 28.7 Å². The number of nitrogens with two attached hydrogens (primary N) is 1. The Kier molecular flexibility index (Phi) is 4.98. The minimum Gasteiger partial charge on any atom is -0.483 e. The van der Waals surface area contributed by atoms with Gasteiger partial charge in [-0.05, 0) is 18.2 Å². The van der Waals surface area contributed by atoms with Gasteiger partial charge in [0.05, 0.1) is 22.0 Å². The van der Waals surface area contributed by atoms with E-state index in [9.17, 15) is 24.5 Å². The van der Waals surface area contributed by atoms with Crippen molar-refractivity contribution in [3.05, 3.63) is 79.0 Å². The maximum absolute atomic E-state index is 12.5. The first-order valence-corrected chi connectivity index (χ1v) is 7.85. The fourth-order valence-corrected chi connectivity index (χ4v) is 2.41. The van der Waals surface area contributed by atoms with E-state index in [1.165, 1.54) is 18.2 Å². The van der Waals surface area contributed by atoms with E-state index >= 15 is 0 Å². The molecule has 2 aromatic carbocycles. The Labute approximate surface area is 155 Å². The van der Waals surface area contributed by atoms with Crippen LogP contribution in [0.25, 0.3) is 10.9 Å². The fourth-order valence-electron chi connectivity index (χ4n) is 2.41. The second-order valence-corrected chi connectivity index (χ2v) is 5.57. The summed E-state index contributed by atoms with van der Waals surface area (Å²) in [4.78, 5) is 48.4. The second kappa shape index (κ2) is 7.53. The number of benzene rings is 2. The van der Waals surface area contributed by atoms with Crippen LogP contribution in [-0.4, -0.2) is 33.3 Å². The summed E-state index contributed by atoms with van der Waals surface area (Å²) in [5.41, 5.74) is 3.74. The van der Waals surface area contributed by atoms with Gasteiger partial charge in [0.1, 0.15) is 5.75 Å². The Hall–Kier alpha value is -4.28. The van der Waals surface area contributed by atoms with Gasteiger partial charge in [0.15, 0.2) is 6.61 Å². The van der Waals surface area contributed by atoms with Gasteiger partial charge in [0.2, 0.25) is 0 Å². The third-order valence-corrected chi connectivity index (χ3v) is 3.67. The number of ether oxygens (including phenoxy) is 1. The molecule has 0 unspecified atom stereocenters. The molecule has 0 saturated heterocycles. The summed E-state index contributed by atoms with van der Waals surface area (Å²) in [6.45, 7) is -0.463. The number of aromatic nitrogens is 2. The maximum Gasteiger partial charge on any atom is 0.349 e. The highest BCUT2D eigenvalue weighted by Gasteiger charge is 2.12. The van der Waals surface area contributed by atoms with Crippen LogP contribution in [0.3, 0.4) is 0 Å². The summed E-state index contributed by atoms with van der Waals surface area (Å²) < 4.78 is 5.77. The molecule has 3 rings (SSSR count). The second-order valence-electron chi connectivity index (χ2n) is 5.57. The number of para-hydroxylation sites is 1. The molecule has 11 heteroatoms. The van der Waals surface area contributed by atoms with Gasteiger partial charge >= 0.3 is 5.69 Å². The lowest BCUT2D eigenvalue weighted by Crippen LogP contribution is -2.32. The smallest absolute Gasteiger partial charge is 0.349 e.